The Hall–Kier alpha value is -3.37. The molecule has 0 saturated heterocycles. The van der Waals surface area contributed by atoms with Crippen LogP contribution in [0.15, 0.2) is 76.5 Å². The van der Waals surface area contributed by atoms with E-state index in [0.29, 0.717) is 11.4 Å². The van der Waals surface area contributed by atoms with Crippen molar-refractivity contribution in [3.63, 3.8) is 0 Å². The van der Waals surface area contributed by atoms with Crippen molar-refractivity contribution >= 4 is 44.8 Å². The number of benzene rings is 3. The van der Waals surface area contributed by atoms with Crippen molar-refractivity contribution in [2.45, 2.75) is 35.8 Å². The van der Waals surface area contributed by atoms with Crippen LogP contribution in [-0.4, -0.2) is 24.5 Å². The number of anilines is 2. The summed E-state index contributed by atoms with van der Waals surface area (Å²) in [6.45, 7) is 5.38. The Morgan fingerprint density at radius 2 is 1.55 bits per heavy atom. The van der Waals surface area contributed by atoms with Crippen molar-refractivity contribution in [1.82, 2.24) is 0 Å². The number of aryl methyl sites for hydroxylation is 2. The highest BCUT2D eigenvalue weighted by molar-refractivity contribution is 8.00. The first-order valence-corrected chi connectivity index (χ1v) is 12.3. The highest BCUT2D eigenvalue weighted by Gasteiger charge is 2.18. The van der Waals surface area contributed by atoms with E-state index in [-0.39, 0.29) is 16.5 Å². The van der Waals surface area contributed by atoms with Crippen LogP contribution in [0, 0.1) is 24.0 Å². The lowest BCUT2D eigenvalue weighted by atomic mass is 10.1. The van der Waals surface area contributed by atoms with E-state index in [0.717, 1.165) is 16.0 Å². The van der Waals surface area contributed by atoms with Gasteiger partial charge in [0.2, 0.25) is 5.91 Å². The monoisotopic (exact) mass is 485 g/mol. The van der Waals surface area contributed by atoms with Gasteiger partial charge in [0.1, 0.15) is 0 Å². The maximum absolute atomic E-state index is 12.8. The molecule has 1 atom stereocenters. The van der Waals surface area contributed by atoms with Gasteiger partial charge in [0.25, 0.3) is 15.7 Å². The standard InChI is InChI=1S/C23H23N3O5S2/c1-15-5-4-6-16(2)22(15)25-33(30,31)21-13-7-18(8-14-21)24-23(27)17(3)32-20-11-9-19(10-12-20)26(28)29/h4-14,17,25H,1-3H3,(H,24,27). The molecule has 0 aliphatic heterocycles. The fourth-order valence-electron chi connectivity index (χ4n) is 3.03. The van der Waals surface area contributed by atoms with Crippen molar-refractivity contribution in [3.05, 3.63) is 88.0 Å². The van der Waals surface area contributed by atoms with Crippen LogP contribution in [0.2, 0.25) is 0 Å². The quantitative estimate of drug-likeness (QED) is 0.259. The van der Waals surface area contributed by atoms with Gasteiger partial charge in [-0.05, 0) is 68.3 Å². The minimum absolute atomic E-state index is 0.0152. The summed E-state index contributed by atoms with van der Waals surface area (Å²) in [6, 6.07) is 17.4. The number of thioether (sulfide) groups is 1. The van der Waals surface area contributed by atoms with Crippen molar-refractivity contribution in [3.8, 4) is 0 Å². The summed E-state index contributed by atoms with van der Waals surface area (Å²) in [5.74, 6) is -0.275. The predicted molar refractivity (Wildman–Crippen MR) is 130 cm³/mol. The third kappa shape index (κ3) is 6.11. The SMILES string of the molecule is Cc1cccc(C)c1NS(=O)(=O)c1ccc(NC(=O)C(C)Sc2ccc([N+](=O)[O-])cc2)cc1. The van der Waals surface area contributed by atoms with Gasteiger partial charge >= 0.3 is 0 Å². The molecule has 8 nitrogen and oxygen atoms in total. The van der Waals surface area contributed by atoms with E-state index >= 15 is 0 Å². The average molecular weight is 486 g/mol. The summed E-state index contributed by atoms with van der Waals surface area (Å²) in [4.78, 5) is 23.6. The Morgan fingerprint density at radius 3 is 2.09 bits per heavy atom. The molecular weight excluding hydrogens is 462 g/mol. The first kappa shape index (κ1) is 24.3. The average Bonchev–Trinajstić information content (AvgIpc) is 2.77. The molecule has 33 heavy (non-hydrogen) atoms. The van der Waals surface area contributed by atoms with Gasteiger partial charge in [0, 0.05) is 22.7 Å². The van der Waals surface area contributed by atoms with Crippen LogP contribution in [-0.2, 0) is 14.8 Å². The van der Waals surface area contributed by atoms with E-state index in [1.165, 1.54) is 48.2 Å². The second-order valence-electron chi connectivity index (χ2n) is 7.40. The van der Waals surface area contributed by atoms with Gasteiger partial charge in [0.15, 0.2) is 0 Å². The number of nitro benzene ring substituents is 1. The van der Waals surface area contributed by atoms with E-state index < -0.39 is 20.2 Å². The molecule has 0 saturated carbocycles. The highest BCUT2D eigenvalue weighted by Crippen LogP contribution is 2.27. The van der Waals surface area contributed by atoms with Gasteiger partial charge < -0.3 is 5.32 Å². The van der Waals surface area contributed by atoms with Gasteiger partial charge in [-0.3, -0.25) is 19.6 Å². The van der Waals surface area contributed by atoms with Crippen LogP contribution in [0.5, 0.6) is 0 Å². The van der Waals surface area contributed by atoms with Crippen LogP contribution in [0.25, 0.3) is 0 Å². The zero-order valence-corrected chi connectivity index (χ0v) is 19.9. The van der Waals surface area contributed by atoms with E-state index in [1.807, 2.05) is 32.0 Å². The largest absolute Gasteiger partial charge is 0.325 e. The van der Waals surface area contributed by atoms with Crippen LogP contribution in [0.3, 0.4) is 0 Å². The summed E-state index contributed by atoms with van der Waals surface area (Å²) >= 11 is 1.26. The molecule has 0 aliphatic carbocycles. The lowest BCUT2D eigenvalue weighted by Crippen LogP contribution is -2.22. The van der Waals surface area contributed by atoms with E-state index in [1.54, 1.807) is 19.1 Å². The van der Waals surface area contributed by atoms with E-state index in [4.69, 9.17) is 0 Å². The first-order chi connectivity index (χ1) is 15.6. The third-order valence-electron chi connectivity index (χ3n) is 4.88. The van der Waals surface area contributed by atoms with E-state index in [2.05, 4.69) is 10.0 Å². The summed E-state index contributed by atoms with van der Waals surface area (Å²) < 4.78 is 28.2. The number of nitrogens with zero attached hydrogens (tertiary/aromatic N) is 1. The minimum atomic E-state index is -3.79. The van der Waals surface area contributed by atoms with Gasteiger partial charge in [-0.15, -0.1) is 11.8 Å². The van der Waals surface area contributed by atoms with Crippen molar-refractivity contribution in [2.24, 2.45) is 0 Å². The van der Waals surface area contributed by atoms with Gasteiger partial charge in [0.05, 0.1) is 20.8 Å². The molecule has 1 amide bonds. The molecule has 0 heterocycles. The minimum Gasteiger partial charge on any atom is -0.325 e. The second kappa shape index (κ2) is 10.1. The highest BCUT2D eigenvalue weighted by atomic mass is 32.2. The van der Waals surface area contributed by atoms with E-state index in [9.17, 15) is 23.3 Å². The van der Waals surface area contributed by atoms with Gasteiger partial charge in [-0.2, -0.15) is 0 Å². The Balaban J connectivity index is 1.64. The third-order valence-corrected chi connectivity index (χ3v) is 7.36. The summed E-state index contributed by atoms with van der Waals surface area (Å²) in [7, 11) is -3.79. The predicted octanol–water partition coefficient (Wildman–Crippen LogP) is 5.13. The van der Waals surface area contributed by atoms with Crippen LogP contribution >= 0.6 is 11.8 Å². The molecule has 3 rings (SSSR count). The van der Waals surface area contributed by atoms with Crippen molar-refractivity contribution < 1.29 is 18.1 Å². The molecule has 1 unspecified atom stereocenters. The molecule has 0 bridgehead atoms. The number of hydrogen-bond donors (Lipinski definition) is 2. The molecule has 0 aliphatic rings. The number of amides is 1. The number of non-ortho nitro benzene ring substituents is 1. The Kier molecular flexibility index (Phi) is 7.39. The maximum Gasteiger partial charge on any atom is 0.269 e. The molecule has 0 aromatic heterocycles. The van der Waals surface area contributed by atoms with Gasteiger partial charge in [-0.1, -0.05) is 18.2 Å². The number of nitrogens with one attached hydrogen (secondary N) is 2. The smallest absolute Gasteiger partial charge is 0.269 e. The number of para-hydroxylation sites is 1. The van der Waals surface area contributed by atoms with Crippen molar-refractivity contribution in [2.75, 3.05) is 10.0 Å². The number of carbonyl (C=O) groups excluding carboxylic acids is 1. The lowest BCUT2D eigenvalue weighted by molar-refractivity contribution is -0.384. The number of carbonyl (C=O) groups is 1. The Labute approximate surface area is 196 Å². The van der Waals surface area contributed by atoms with Crippen LogP contribution < -0.4 is 10.0 Å². The summed E-state index contributed by atoms with van der Waals surface area (Å²) in [5, 5.41) is 13.0. The normalized spacial score (nSPS) is 12.1. The second-order valence-corrected chi connectivity index (χ2v) is 10.5. The molecular formula is C23H23N3O5S2. The zero-order chi connectivity index (χ0) is 24.2. The molecule has 10 heteroatoms. The molecule has 3 aromatic rings. The Morgan fingerprint density at radius 1 is 0.970 bits per heavy atom. The summed E-state index contributed by atoms with van der Waals surface area (Å²) in [5.41, 5.74) is 2.64. The maximum atomic E-state index is 12.8. The van der Waals surface area contributed by atoms with Crippen LogP contribution in [0.4, 0.5) is 17.1 Å². The number of hydrogen-bond acceptors (Lipinski definition) is 6. The topological polar surface area (TPSA) is 118 Å². The number of rotatable bonds is 8. The fourth-order valence-corrected chi connectivity index (χ4v) is 5.10. The fraction of sp³-hybridized carbons (Fsp3) is 0.174. The molecule has 0 radical (unpaired) electrons. The van der Waals surface area contributed by atoms with Crippen molar-refractivity contribution in [1.29, 1.82) is 0 Å². The molecule has 172 valence electrons. The lowest BCUT2D eigenvalue weighted by Gasteiger charge is -2.14. The zero-order valence-electron chi connectivity index (χ0n) is 18.2. The number of nitro groups is 1. The van der Waals surface area contributed by atoms with Gasteiger partial charge in [-0.25, -0.2) is 8.42 Å². The number of sulfonamides is 1. The first-order valence-electron chi connectivity index (χ1n) is 9.98. The molecule has 0 fully saturated rings. The van der Waals surface area contributed by atoms with Crippen LogP contribution in [0.1, 0.15) is 18.1 Å². The molecule has 2 N–H and O–H groups in total. The molecule has 3 aromatic carbocycles. The molecule has 0 spiro atoms. The Bertz CT molecular complexity index is 1250. The summed E-state index contributed by atoms with van der Waals surface area (Å²) in [6.07, 6.45) is 0.